The first-order valence-corrected chi connectivity index (χ1v) is 4.63. The van der Waals surface area contributed by atoms with Crippen molar-refractivity contribution in [2.75, 3.05) is 0 Å². The van der Waals surface area contributed by atoms with Crippen LogP contribution in [0.15, 0.2) is 24.4 Å². The number of carboxylic acid groups (broad SMARTS) is 2. The van der Waals surface area contributed by atoms with E-state index in [1.807, 2.05) is 0 Å². The topological polar surface area (TPSA) is 90.4 Å². The number of nitrogens with one attached hydrogen (secondary N) is 1. The molecule has 1 aromatic heterocycles. The number of hydrogen-bond donors (Lipinski definition) is 3. The van der Waals surface area contributed by atoms with Crippen molar-refractivity contribution in [3.8, 4) is 0 Å². The Kier molecular flexibility index (Phi) is 2.36. The minimum Gasteiger partial charge on any atom is -0.481 e. The molecule has 1 heterocycles. The maximum Gasteiger partial charge on any atom is 0.335 e. The largest absolute Gasteiger partial charge is 0.481 e. The van der Waals surface area contributed by atoms with Crippen molar-refractivity contribution in [1.82, 2.24) is 4.98 Å². The van der Waals surface area contributed by atoms with E-state index in [0.717, 1.165) is 5.39 Å². The fourth-order valence-corrected chi connectivity index (χ4v) is 1.63. The van der Waals surface area contributed by atoms with Crippen LogP contribution in [0.25, 0.3) is 10.9 Å². The molecule has 0 radical (unpaired) electrons. The number of aromatic carboxylic acids is 1. The van der Waals surface area contributed by atoms with Crippen LogP contribution in [0.5, 0.6) is 0 Å². The standard InChI is InChI=1S/C11H9NO4/c13-10(14)4-7-5-12-9-3-6(11(15)16)1-2-8(7)9/h1-3,5,12H,4H2,(H,13,14)(H,15,16). The minimum atomic E-state index is -1.00. The van der Waals surface area contributed by atoms with Crippen molar-refractivity contribution < 1.29 is 19.8 Å². The molecule has 2 rings (SSSR count). The number of aliphatic carboxylic acids is 1. The number of aromatic amines is 1. The van der Waals surface area contributed by atoms with Gasteiger partial charge in [0.2, 0.25) is 0 Å². The Hall–Kier alpha value is -2.30. The first-order valence-electron chi connectivity index (χ1n) is 4.63. The van der Waals surface area contributed by atoms with Crippen LogP contribution in [0, 0.1) is 0 Å². The summed E-state index contributed by atoms with van der Waals surface area (Å²) in [5.74, 6) is -1.92. The van der Waals surface area contributed by atoms with Crippen LogP contribution < -0.4 is 0 Å². The van der Waals surface area contributed by atoms with Gasteiger partial charge in [0.25, 0.3) is 0 Å². The van der Waals surface area contributed by atoms with E-state index in [4.69, 9.17) is 10.2 Å². The third kappa shape index (κ3) is 1.75. The van der Waals surface area contributed by atoms with Gasteiger partial charge in [0, 0.05) is 17.1 Å². The van der Waals surface area contributed by atoms with Gasteiger partial charge in [-0.2, -0.15) is 0 Å². The van der Waals surface area contributed by atoms with Crippen molar-refractivity contribution in [2.45, 2.75) is 6.42 Å². The highest BCUT2D eigenvalue weighted by Crippen LogP contribution is 2.20. The van der Waals surface area contributed by atoms with Gasteiger partial charge < -0.3 is 15.2 Å². The van der Waals surface area contributed by atoms with E-state index >= 15 is 0 Å². The molecular formula is C11H9NO4. The predicted molar refractivity (Wildman–Crippen MR) is 56.6 cm³/mol. The summed E-state index contributed by atoms with van der Waals surface area (Å²) in [5.41, 5.74) is 1.46. The summed E-state index contributed by atoms with van der Waals surface area (Å²) in [6.07, 6.45) is 1.51. The molecule has 0 unspecified atom stereocenters. The Morgan fingerprint density at radius 3 is 2.62 bits per heavy atom. The molecule has 0 spiro atoms. The Bertz CT molecular complexity index is 570. The number of rotatable bonds is 3. The van der Waals surface area contributed by atoms with E-state index in [0.29, 0.717) is 11.1 Å². The molecule has 0 atom stereocenters. The molecule has 0 aliphatic carbocycles. The van der Waals surface area contributed by atoms with Gasteiger partial charge in [0.15, 0.2) is 0 Å². The maximum atomic E-state index is 10.7. The smallest absolute Gasteiger partial charge is 0.335 e. The number of carboxylic acids is 2. The van der Waals surface area contributed by atoms with E-state index in [1.54, 1.807) is 12.3 Å². The highest BCUT2D eigenvalue weighted by Gasteiger charge is 2.09. The van der Waals surface area contributed by atoms with Crippen molar-refractivity contribution in [3.05, 3.63) is 35.5 Å². The highest BCUT2D eigenvalue weighted by atomic mass is 16.4. The quantitative estimate of drug-likeness (QED) is 0.729. The fraction of sp³-hybridized carbons (Fsp3) is 0.0909. The molecule has 0 aliphatic rings. The van der Waals surface area contributed by atoms with Crippen molar-refractivity contribution in [1.29, 1.82) is 0 Å². The van der Waals surface area contributed by atoms with Crippen molar-refractivity contribution >= 4 is 22.8 Å². The van der Waals surface area contributed by atoms with Gasteiger partial charge in [-0.25, -0.2) is 4.79 Å². The van der Waals surface area contributed by atoms with Crippen molar-refractivity contribution in [2.24, 2.45) is 0 Å². The Morgan fingerprint density at radius 2 is 2.00 bits per heavy atom. The first kappa shape index (κ1) is 10.2. The Balaban J connectivity index is 2.50. The van der Waals surface area contributed by atoms with Gasteiger partial charge >= 0.3 is 11.9 Å². The van der Waals surface area contributed by atoms with Gasteiger partial charge in [-0.15, -0.1) is 0 Å². The molecule has 0 fully saturated rings. The molecule has 5 nitrogen and oxygen atoms in total. The van der Waals surface area contributed by atoms with Crippen LogP contribution in [0.1, 0.15) is 15.9 Å². The van der Waals surface area contributed by atoms with Crippen LogP contribution in [0.4, 0.5) is 0 Å². The van der Waals surface area contributed by atoms with Crippen LogP contribution >= 0.6 is 0 Å². The summed E-state index contributed by atoms with van der Waals surface area (Å²) in [4.78, 5) is 24.2. The van der Waals surface area contributed by atoms with Crippen LogP contribution in [0.2, 0.25) is 0 Å². The summed E-state index contributed by atoms with van der Waals surface area (Å²) >= 11 is 0. The molecule has 16 heavy (non-hydrogen) atoms. The molecule has 0 saturated heterocycles. The third-order valence-electron chi connectivity index (χ3n) is 2.36. The maximum absolute atomic E-state index is 10.7. The Morgan fingerprint density at radius 1 is 1.25 bits per heavy atom. The van der Waals surface area contributed by atoms with Crippen LogP contribution in [0.3, 0.4) is 0 Å². The summed E-state index contributed by atoms with van der Waals surface area (Å²) in [6, 6.07) is 4.57. The summed E-state index contributed by atoms with van der Waals surface area (Å²) in [6.45, 7) is 0. The average molecular weight is 219 g/mol. The summed E-state index contributed by atoms with van der Waals surface area (Å²) < 4.78 is 0. The SMILES string of the molecule is O=C(O)Cc1c[nH]c2cc(C(=O)O)ccc12. The average Bonchev–Trinajstić information content (AvgIpc) is 2.60. The van der Waals surface area contributed by atoms with E-state index in [1.165, 1.54) is 12.1 Å². The number of hydrogen-bond acceptors (Lipinski definition) is 2. The molecule has 2 aromatic rings. The molecule has 5 heteroatoms. The number of H-pyrrole nitrogens is 1. The summed E-state index contributed by atoms with van der Waals surface area (Å²) in [7, 11) is 0. The lowest BCUT2D eigenvalue weighted by Gasteiger charge is -1.96. The van der Waals surface area contributed by atoms with E-state index in [9.17, 15) is 9.59 Å². The second kappa shape index (κ2) is 3.69. The normalized spacial score (nSPS) is 10.5. The van der Waals surface area contributed by atoms with Gasteiger partial charge in [-0.3, -0.25) is 4.79 Å². The molecule has 0 saturated carbocycles. The molecule has 0 bridgehead atoms. The van der Waals surface area contributed by atoms with Crippen LogP contribution in [-0.2, 0) is 11.2 Å². The van der Waals surface area contributed by atoms with E-state index < -0.39 is 11.9 Å². The van der Waals surface area contributed by atoms with E-state index in [-0.39, 0.29) is 12.0 Å². The lowest BCUT2D eigenvalue weighted by Crippen LogP contribution is -1.99. The molecule has 0 aliphatic heterocycles. The monoisotopic (exact) mass is 219 g/mol. The second-order valence-corrected chi connectivity index (χ2v) is 3.45. The minimum absolute atomic E-state index is 0.0770. The fourth-order valence-electron chi connectivity index (χ4n) is 1.63. The zero-order chi connectivity index (χ0) is 11.7. The Labute approximate surface area is 90.3 Å². The molecule has 82 valence electrons. The molecule has 0 amide bonds. The lowest BCUT2D eigenvalue weighted by molar-refractivity contribution is -0.136. The number of benzene rings is 1. The highest BCUT2D eigenvalue weighted by molar-refractivity contribution is 5.95. The third-order valence-corrected chi connectivity index (χ3v) is 2.36. The number of fused-ring (bicyclic) bond motifs is 1. The molecule has 3 N–H and O–H groups in total. The zero-order valence-corrected chi connectivity index (χ0v) is 8.23. The van der Waals surface area contributed by atoms with Gasteiger partial charge in [-0.05, 0) is 17.7 Å². The van der Waals surface area contributed by atoms with Gasteiger partial charge in [0.1, 0.15) is 0 Å². The van der Waals surface area contributed by atoms with Crippen LogP contribution in [-0.4, -0.2) is 27.1 Å². The predicted octanol–water partition coefficient (Wildman–Crippen LogP) is 1.49. The summed E-state index contributed by atoms with van der Waals surface area (Å²) in [5, 5.41) is 18.2. The number of carbonyl (C=O) groups is 2. The molecular weight excluding hydrogens is 210 g/mol. The lowest BCUT2D eigenvalue weighted by atomic mass is 10.1. The van der Waals surface area contributed by atoms with Gasteiger partial charge in [0.05, 0.1) is 12.0 Å². The second-order valence-electron chi connectivity index (χ2n) is 3.45. The number of aromatic nitrogens is 1. The van der Waals surface area contributed by atoms with Gasteiger partial charge in [-0.1, -0.05) is 6.07 Å². The van der Waals surface area contributed by atoms with Crippen molar-refractivity contribution in [3.63, 3.8) is 0 Å². The van der Waals surface area contributed by atoms with E-state index in [2.05, 4.69) is 4.98 Å². The molecule has 1 aromatic carbocycles. The zero-order valence-electron chi connectivity index (χ0n) is 8.23. The first-order chi connectivity index (χ1) is 7.58.